The van der Waals surface area contributed by atoms with Gasteiger partial charge in [0.05, 0.1) is 0 Å². The molecule has 0 atom stereocenters. The minimum atomic E-state index is -0.0192. The van der Waals surface area contributed by atoms with Crippen LogP contribution in [0, 0.1) is 0 Å². The maximum Gasteiger partial charge on any atom is 0.227 e. The fraction of sp³-hybridized carbons (Fsp3) is 0.190. The van der Waals surface area contributed by atoms with E-state index in [1.807, 2.05) is 54.7 Å². The molecule has 4 rings (SSSR count). The molecule has 2 aromatic carbocycles. The Morgan fingerprint density at radius 3 is 2.74 bits per heavy atom. The molecule has 0 fully saturated rings. The number of carbonyl (C=O) groups is 1. The lowest BCUT2D eigenvalue weighted by molar-refractivity contribution is -0.121. The maximum absolute atomic E-state index is 12.1. The van der Waals surface area contributed by atoms with Crippen molar-refractivity contribution in [1.82, 2.24) is 20.4 Å². The van der Waals surface area contributed by atoms with Gasteiger partial charge in [-0.15, -0.1) is 0 Å². The molecular formula is C21H20N4O2. The van der Waals surface area contributed by atoms with Crippen LogP contribution in [0.5, 0.6) is 0 Å². The van der Waals surface area contributed by atoms with Gasteiger partial charge in [0.25, 0.3) is 0 Å². The minimum absolute atomic E-state index is 0.0192. The lowest BCUT2D eigenvalue weighted by Crippen LogP contribution is -2.25. The Hall–Kier alpha value is -3.41. The Morgan fingerprint density at radius 1 is 1.04 bits per heavy atom. The molecule has 6 nitrogen and oxygen atoms in total. The van der Waals surface area contributed by atoms with Crippen LogP contribution in [0.25, 0.3) is 22.3 Å². The van der Waals surface area contributed by atoms with Crippen molar-refractivity contribution in [3.05, 3.63) is 72.2 Å². The number of nitrogens with one attached hydrogen (secondary N) is 2. The second-order valence-corrected chi connectivity index (χ2v) is 6.34. The molecule has 136 valence electrons. The van der Waals surface area contributed by atoms with Gasteiger partial charge in [-0.1, -0.05) is 53.7 Å². The average molecular weight is 360 g/mol. The number of H-pyrrole nitrogens is 1. The van der Waals surface area contributed by atoms with Crippen LogP contribution in [0.2, 0.25) is 0 Å². The fourth-order valence-corrected chi connectivity index (χ4v) is 3.04. The number of rotatable bonds is 7. The average Bonchev–Trinajstić information content (AvgIpc) is 3.35. The van der Waals surface area contributed by atoms with Gasteiger partial charge in [-0.3, -0.25) is 4.79 Å². The van der Waals surface area contributed by atoms with Crippen LogP contribution in [0.3, 0.4) is 0 Å². The summed E-state index contributed by atoms with van der Waals surface area (Å²) >= 11 is 0. The summed E-state index contributed by atoms with van der Waals surface area (Å²) in [7, 11) is 0. The van der Waals surface area contributed by atoms with Gasteiger partial charge >= 0.3 is 0 Å². The number of fused-ring (bicyclic) bond motifs is 1. The number of benzene rings is 2. The molecule has 0 saturated carbocycles. The third-order valence-electron chi connectivity index (χ3n) is 4.46. The van der Waals surface area contributed by atoms with Crippen molar-refractivity contribution in [2.24, 2.45) is 0 Å². The highest BCUT2D eigenvalue weighted by Gasteiger charge is 2.10. The summed E-state index contributed by atoms with van der Waals surface area (Å²) in [5.74, 6) is 1.00. The fourth-order valence-electron chi connectivity index (χ4n) is 3.04. The summed E-state index contributed by atoms with van der Waals surface area (Å²) in [6.07, 6.45) is 3.54. The number of hydrogen-bond acceptors (Lipinski definition) is 4. The summed E-state index contributed by atoms with van der Waals surface area (Å²) in [6.45, 7) is 0.597. The van der Waals surface area contributed by atoms with Gasteiger partial charge in [0.1, 0.15) is 0 Å². The molecular weight excluding hydrogens is 340 g/mol. The SMILES string of the molecule is O=C(CCc1nc(-c2ccccc2)no1)NCCc1c[nH]c2ccccc12. The van der Waals surface area contributed by atoms with Crippen molar-refractivity contribution >= 4 is 16.8 Å². The van der Waals surface area contributed by atoms with E-state index in [4.69, 9.17) is 4.52 Å². The molecule has 2 heterocycles. The number of aromatic amines is 1. The van der Waals surface area contributed by atoms with Gasteiger partial charge in [0.15, 0.2) is 0 Å². The normalized spacial score (nSPS) is 11.0. The topological polar surface area (TPSA) is 83.8 Å². The van der Waals surface area contributed by atoms with Crippen LogP contribution >= 0.6 is 0 Å². The summed E-state index contributed by atoms with van der Waals surface area (Å²) in [4.78, 5) is 19.7. The zero-order valence-electron chi connectivity index (χ0n) is 14.8. The van der Waals surface area contributed by atoms with E-state index < -0.39 is 0 Å². The highest BCUT2D eigenvalue weighted by molar-refractivity contribution is 5.83. The van der Waals surface area contributed by atoms with Crippen molar-refractivity contribution in [3.8, 4) is 11.4 Å². The van der Waals surface area contributed by atoms with E-state index in [1.165, 1.54) is 10.9 Å². The van der Waals surface area contributed by atoms with Crippen molar-refractivity contribution in [2.45, 2.75) is 19.3 Å². The van der Waals surface area contributed by atoms with E-state index in [1.54, 1.807) is 0 Å². The number of amides is 1. The number of aromatic nitrogens is 3. The maximum atomic E-state index is 12.1. The molecule has 0 aliphatic heterocycles. The molecule has 1 amide bonds. The molecule has 0 bridgehead atoms. The molecule has 4 aromatic rings. The van der Waals surface area contributed by atoms with E-state index in [0.717, 1.165) is 17.5 Å². The van der Waals surface area contributed by atoms with Gasteiger partial charge in [0.2, 0.25) is 17.6 Å². The molecule has 2 N–H and O–H groups in total. The first-order valence-electron chi connectivity index (χ1n) is 8.99. The zero-order chi connectivity index (χ0) is 18.5. The molecule has 6 heteroatoms. The molecule has 2 aromatic heterocycles. The van der Waals surface area contributed by atoms with E-state index in [0.29, 0.717) is 31.1 Å². The van der Waals surface area contributed by atoms with Crippen molar-refractivity contribution in [1.29, 1.82) is 0 Å². The van der Waals surface area contributed by atoms with Crippen LogP contribution in [0.4, 0.5) is 0 Å². The monoisotopic (exact) mass is 360 g/mol. The number of carbonyl (C=O) groups excluding carboxylic acids is 1. The Labute approximate surface area is 156 Å². The predicted octanol–water partition coefficient (Wildman–Crippen LogP) is 3.51. The van der Waals surface area contributed by atoms with Crippen molar-refractivity contribution < 1.29 is 9.32 Å². The molecule has 0 aliphatic rings. The van der Waals surface area contributed by atoms with Crippen LogP contribution in [-0.2, 0) is 17.6 Å². The number of aryl methyl sites for hydroxylation is 1. The molecule has 0 aliphatic carbocycles. The minimum Gasteiger partial charge on any atom is -0.361 e. The lowest BCUT2D eigenvalue weighted by atomic mass is 10.1. The highest BCUT2D eigenvalue weighted by Crippen LogP contribution is 2.18. The standard InChI is InChI=1S/C21H20N4O2/c26-19(22-13-12-16-14-23-18-9-5-4-8-17(16)18)10-11-20-24-21(25-27-20)15-6-2-1-3-7-15/h1-9,14,23H,10-13H2,(H,22,26). The molecule has 0 saturated heterocycles. The third-order valence-corrected chi connectivity index (χ3v) is 4.46. The number of para-hydroxylation sites is 1. The van der Waals surface area contributed by atoms with Crippen molar-refractivity contribution in [2.75, 3.05) is 6.54 Å². The van der Waals surface area contributed by atoms with Crippen LogP contribution in [0.15, 0.2) is 65.3 Å². The molecule has 0 radical (unpaired) electrons. The second-order valence-electron chi connectivity index (χ2n) is 6.34. The second kappa shape index (κ2) is 7.86. The van der Waals surface area contributed by atoms with Crippen LogP contribution < -0.4 is 5.32 Å². The Kier molecular flexibility index (Phi) is 4.96. The quantitative estimate of drug-likeness (QED) is 0.528. The van der Waals surface area contributed by atoms with Gasteiger partial charge in [0, 0.05) is 42.0 Å². The predicted molar refractivity (Wildman–Crippen MR) is 103 cm³/mol. The summed E-state index contributed by atoms with van der Waals surface area (Å²) in [5.41, 5.74) is 3.22. The summed E-state index contributed by atoms with van der Waals surface area (Å²) in [6, 6.07) is 17.8. The Bertz CT molecular complexity index is 1040. The van der Waals surface area contributed by atoms with Crippen LogP contribution in [-0.4, -0.2) is 27.6 Å². The summed E-state index contributed by atoms with van der Waals surface area (Å²) < 4.78 is 5.24. The largest absolute Gasteiger partial charge is 0.361 e. The van der Waals surface area contributed by atoms with Gasteiger partial charge in [-0.2, -0.15) is 4.98 Å². The van der Waals surface area contributed by atoms with E-state index >= 15 is 0 Å². The Balaban J connectivity index is 1.25. The number of hydrogen-bond donors (Lipinski definition) is 2. The molecule has 0 unspecified atom stereocenters. The first kappa shape index (κ1) is 17.0. The van der Waals surface area contributed by atoms with Gasteiger partial charge < -0.3 is 14.8 Å². The smallest absolute Gasteiger partial charge is 0.227 e. The Morgan fingerprint density at radius 2 is 1.85 bits per heavy atom. The van der Waals surface area contributed by atoms with E-state index in [-0.39, 0.29) is 5.91 Å². The highest BCUT2D eigenvalue weighted by atomic mass is 16.5. The van der Waals surface area contributed by atoms with E-state index in [9.17, 15) is 4.79 Å². The number of nitrogens with zero attached hydrogens (tertiary/aromatic N) is 2. The molecule has 0 spiro atoms. The summed E-state index contributed by atoms with van der Waals surface area (Å²) in [5, 5.41) is 8.12. The van der Waals surface area contributed by atoms with E-state index in [2.05, 4.69) is 26.5 Å². The molecule has 27 heavy (non-hydrogen) atoms. The lowest BCUT2D eigenvalue weighted by Gasteiger charge is -2.03. The first-order chi connectivity index (χ1) is 13.3. The van der Waals surface area contributed by atoms with Gasteiger partial charge in [-0.25, -0.2) is 0 Å². The van der Waals surface area contributed by atoms with Gasteiger partial charge in [-0.05, 0) is 18.1 Å². The zero-order valence-corrected chi connectivity index (χ0v) is 14.8. The third kappa shape index (κ3) is 4.06. The van der Waals surface area contributed by atoms with Crippen molar-refractivity contribution in [3.63, 3.8) is 0 Å². The first-order valence-corrected chi connectivity index (χ1v) is 8.99. The van der Waals surface area contributed by atoms with Crippen LogP contribution in [0.1, 0.15) is 17.9 Å².